The number of nitro benzene ring substituents is 1. The number of halogens is 1. The predicted molar refractivity (Wildman–Crippen MR) is 119 cm³/mol. The van der Waals surface area contributed by atoms with E-state index >= 15 is 0 Å². The van der Waals surface area contributed by atoms with E-state index in [4.69, 9.17) is 14.6 Å². The van der Waals surface area contributed by atoms with Crippen LogP contribution in [0.1, 0.15) is 35.4 Å². The Morgan fingerprint density at radius 3 is 2.81 bits per heavy atom. The monoisotopic (exact) mass is 479 g/mol. The Hall–Kier alpha value is -3.39. The third-order valence-corrected chi connectivity index (χ3v) is 6.01. The summed E-state index contributed by atoms with van der Waals surface area (Å²) in [6.07, 6.45) is 0.118. The Kier molecular flexibility index (Phi) is 4.86. The van der Waals surface area contributed by atoms with Gasteiger partial charge in [0.05, 0.1) is 23.8 Å². The van der Waals surface area contributed by atoms with Crippen LogP contribution in [0.3, 0.4) is 0 Å². The van der Waals surface area contributed by atoms with E-state index in [9.17, 15) is 10.1 Å². The smallest absolute Gasteiger partial charge is 0.269 e. The normalized spacial score (nSPS) is 19.2. The SMILES string of the molecule is COc1cccc(C2=NN3[C@@H](C2)c2cc(Br)ccc2O[C@H]3c2cccc([N+](=O)[O-])c2)c1. The standard InChI is InChI=1S/C23H18BrN3O4/c1-30-18-7-3-4-14(11-18)20-13-21-19-12-16(24)8-9-22(19)31-23(26(21)25-20)15-5-2-6-17(10-15)27(28)29/h2-12,21,23H,13H2,1H3/t21-,23-/m0/s1. The molecule has 2 aliphatic heterocycles. The molecule has 0 aliphatic carbocycles. The number of hydrogen-bond donors (Lipinski definition) is 0. The van der Waals surface area contributed by atoms with E-state index in [1.807, 2.05) is 53.5 Å². The van der Waals surface area contributed by atoms with Crippen molar-refractivity contribution in [2.75, 3.05) is 7.11 Å². The van der Waals surface area contributed by atoms with Gasteiger partial charge in [0.25, 0.3) is 5.69 Å². The van der Waals surface area contributed by atoms with Gasteiger partial charge in [0.15, 0.2) is 0 Å². The minimum absolute atomic E-state index is 0.0236. The second kappa shape index (κ2) is 7.70. The molecule has 2 atom stereocenters. The van der Waals surface area contributed by atoms with Crippen LogP contribution in [0.2, 0.25) is 0 Å². The maximum absolute atomic E-state index is 11.3. The van der Waals surface area contributed by atoms with Crippen LogP contribution in [0.4, 0.5) is 5.69 Å². The van der Waals surface area contributed by atoms with Crippen LogP contribution >= 0.6 is 15.9 Å². The molecule has 0 saturated carbocycles. The molecule has 8 heteroatoms. The summed E-state index contributed by atoms with van der Waals surface area (Å²) in [7, 11) is 1.64. The average Bonchev–Trinajstić information content (AvgIpc) is 3.24. The van der Waals surface area contributed by atoms with Gasteiger partial charge >= 0.3 is 0 Å². The second-order valence-corrected chi connectivity index (χ2v) is 8.30. The molecule has 156 valence electrons. The highest BCUT2D eigenvalue weighted by Gasteiger charge is 2.41. The fraction of sp³-hybridized carbons (Fsp3) is 0.174. The first kappa shape index (κ1) is 19.6. The summed E-state index contributed by atoms with van der Waals surface area (Å²) in [6, 6.07) is 20.2. The molecule has 3 aromatic carbocycles. The zero-order chi connectivity index (χ0) is 21.5. The van der Waals surface area contributed by atoms with Gasteiger partial charge < -0.3 is 9.47 Å². The second-order valence-electron chi connectivity index (χ2n) is 7.38. The number of rotatable bonds is 4. The van der Waals surface area contributed by atoms with E-state index in [1.54, 1.807) is 19.2 Å². The maximum atomic E-state index is 11.3. The fourth-order valence-electron chi connectivity index (χ4n) is 4.05. The third-order valence-electron chi connectivity index (χ3n) is 5.52. The Morgan fingerprint density at radius 1 is 1.16 bits per heavy atom. The van der Waals surface area contributed by atoms with Gasteiger partial charge in [0.2, 0.25) is 6.23 Å². The van der Waals surface area contributed by atoms with E-state index in [2.05, 4.69) is 15.9 Å². The van der Waals surface area contributed by atoms with Gasteiger partial charge in [-0.25, -0.2) is 5.01 Å². The molecule has 0 N–H and O–H groups in total. The molecule has 31 heavy (non-hydrogen) atoms. The van der Waals surface area contributed by atoms with Crippen LogP contribution in [0, 0.1) is 10.1 Å². The summed E-state index contributed by atoms with van der Waals surface area (Å²) in [5.74, 6) is 1.52. The molecule has 0 radical (unpaired) electrons. The molecule has 0 aromatic heterocycles. The lowest BCUT2D eigenvalue weighted by Gasteiger charge is -2.38. The number of ether oxygens (including phenoxy) is 2. The van der Waals surface area contributed by atoms with Crippen molar-refractivity contribution >= 4 is 27.3 Å². The van der Waals surface area contributed by atoms with Crippen molar-refractivity contribution in [2.24, 2.45) is 5.10 Å². The lowest BCUT2D eigenvalue weighted by molar-refractivity contribution is -0.385. The Morgan fingerprint density at radius 2 is 2.00 bits per heavy atom. The van der Waals surface area contributed by atoms with Crippen LogP contribution in [0.25, 0.3) is 0 Å². The maximum Gasteiger partial charge on any atom is 0.269 e. The summed E-state index contributed by atoms with van der Waals surface area (Å²) in [6.45, 7) is 0. The molecule has 0 unspecified atom stereocenters. The lowest BCUT2D eigenvalue weighted by atomic mass is 9.96. The van der Waals surface area contributed by atoms with Crippen molar-refractivity contribution in [2.45, 2.75) is 18.7 Å². The summed E-state index contributed by atoms with van der Waals surface area (Å²) in [4.78, 5) is 10.9. The van der Waals surface area contributed by atoms with E-state index in [1.165, 1.54) is 6.07 Å². The largest absolute Gasteiger partial charge is 0.497 e. The van der Waals surface area contributed by atoms with Crippen LogP contribution in [-0.4, -0.2) is 22.8 Å². The van der Waals surface area contributed by atoms with Crippen molar-refractivity contribution in [3.8, 4) is 11.5 Å². The van der Waals surface area contributed by atoms with E-state index in [0.717, 1.165) is 32.8 Å². The first-order valence-corrected chi connectivity index (χ1v) is 10.5. The first-order chi connectivity index (χ1) is 15.0. The molecule has 0 bridgehead atoms. The molecule has 5 rings (SSSR count). The molecule has 0 amide bonds. The van der Waals surface area contributed by atoms with Crippen molar-refractivity contribution in [3.05, 3.63) is 98.0 Å². The number of hydrogen-bond acceptors (Lipinski definition) is 6. The highest BCUT2D eigenvalue weighted by atomic mass is 79.9. The number of nitrogens with zero attached hydrogens (tertiary/aromatic N) is 3. The molecule has 2 heterocycles. The van der Waals surface area contributed by atoms with Gasteiger partial charge in [0.1, 0.15) is 11.5 Å². The summed E-state index contributed by atoms with van der Waals surface area (Å²) in [5, 5.41) is 18.1. The van der Waals surface area contributed by atoms with Gasteiger partial charge in [-0.1, -0.05) is 40.2 Å². The third kappa shape index (κ3) is 3.53. The van der Waals surface area contributed by atoms with E-state index < -0.39 is 11.2 Å². The zero-order valence-electron chi connectivity index (χ0n) is 16.6. The van der Waals surface area contributed by atoms with Crippen molar-refractivity contribution in [1.82, 2.24) is 5.01 Å². The zero-order valence-corrected chi connectivity index (χ0v) is 18.2. The topological polar surface area (TPSA) is 77.2 Å². The number of benzene rings is 3. The van der Waals surface area contributed by atoms with Gasteiger partial charge in [0, 0.05) is 39.7 Å². The fourth-order valence-corrected chi connectivity index (χ4v) is 4.43. The molecular formula is C23H18BrN3O4. The quantitative estimate of drug-likeness (QED) is 0.359. The minimum Gasteiger partial charge on any atom is -0.497 e. The van der Waals surface area contributed by atoms with E-state index in [0.29, 0.717) is 12.0 Å². The van der Waals surface area contributed by atoms with Gasteiger partial charge in [-0.2, -0.15) is 5.10 Å². The van der Waals surface area contributed by atoms with Crippen LogP contribution in [0.5, 0.6) is 11.5 Å². The first-order valence-electron chi connectivity index (χ1n) is 9.74. The Labute approximate surface area is 187 Å². The van der Waals surface area contributed by atoms with Crippen molar-refractivity contribution < 1.29 is 14.4 Å². The highest BCUT2D eigenvalue weighted by molar-refractivity contribution is 9.10. The average molecular weight is 480 g/mol. The Balaban J connectivity index is 1.60. The molecule has 3 aromatic rings. The van der Waals surface area contributed by atoms with Crippen molar-refractivity contribution in [1.29, 1.82) is 0 Å². The number of methoxy groups -OCH3 is 1. The molecule has 0 saturated heterocycles. The predicted octanol–water partition coefficient (Wildman–Crippen LogP) is 5.61. The van der Waals surface area contributed by atoms with Crippen LogP contribution in [0.15, 0.2) is 76.3 Å². The Bertz CT molecular complexity index is 1210. The molecule has 0 spiro atoms. The minimum atomic E-state index is -0.568. The highest BCUT2D eigenvalue weighted by Crippen LogP contribution is 2.48. The number of non-ortho nitro benzene ring substituents is 1. The lowest BCUT2D eigenvalue weighted by Crippen LogP contribution is -2.33. The van der Waals surface area contributed by atoms with Crippen molar-refractivity contribution in [3.63, 3.8) is 0 Å². The van der Waals surface area contributed by atoms with Crippen LogP contribution in [-0.2, 0) is 0 Å². The molecule has 0 fully saturated rings. The summed E-state index contributed by atoms with van der Waals surface area (Å²) < 4.78 is 12.6. The van der Waals surface area contributed by atoms with Crippen LogP contribution < -0.4 is 9.47 Å². The molecule has 7 nitrogen and oxygen atoms in total. The van der Waals surface area contributed by atoms with Gasteiger partial charge in [-0.05, 0) is 30.3 Å². The number of hydrazone groups is 1. The summed E-state index contributed by atoms with van der Waals surface area (Å²) in [5.41, 5.74) is 3.62. The number of nitro groups is 1. The molecular weight excluding hydrogens is 462 g/mol. The van der Waals surface area contributed by atoms with E-state index in [-0.39, 0.29) is 11.7 Å². The molecule has 2 aliphatic rings. The number of fused-ring (bicyclic) bond motifs is 3. The van der Waals surface area contributed by atoms with Gasteiger partial charge in [-0.15, -0.1) is 0 Å². The summed E-state index contributed by atoms with van der Waals surface area (Å²) >= 11 is 3.55. The van der Waals surface area contributed by atoms with Gasteiger partial charge in [-0.3, -0.25) is 10.1 Å².